The number of aromatic nitrogens is 2. The van der Waals surface area contributed by atoms with Crippen molar-refractivity contribution < 1.29 is 0 Å². The summed E-state index contributed by atoms with van der Waals surface area (Å²) < 4.78 is 1.88. The van der Waals surface area contributed by atoms with Crippen LogP contribution >= 0.6 is 0 Å². The van der Waals surface area contributed by atoms with Gasteiger partial charge in [-0.25, -0.2) is 0 Å². The first-order valence-corrected chi connectivity index (χ1v) is 6.68. The van der Waals surface area contributed by atoms with E-state index in [1.807, 2.05) is 24.0 Å². The molecule has 17 heavy (non-hydrogen) atoms. The van der Waals surface area contributed by atoms with Gasteiger partial charge in [0, 0.05) is 19.7 Å². The van der Waals surface area contributed by atoms with E-state index in [-0.39, 0.29) is 0 Å². The van der Waals surface area contributed by atoms with Gasteiger partial charge in [-0.2, -0.15) is 5.10 Å². The number of nitrogens with one attached hydrogen (secondary N) is 1. The van der Waals surface area contributed by atoms with Crippen molar-refractivity contribution in [2.45, 2.75) is 38.5 Å². The quantitative estimate of drug-likeness (QED) is 0.787. The van der Waals surface area contributed by atoms with E-state index in [2.05, 4.69) is 10.4 Å². The summed E-state index contributed by atoms with van der Waals surface area (Å²) in [4.78, 5) is 0. The first-order valence-electron chi connectivity index (χ1n) is 6.68. The van der Waals surface area contributed by atoms with Gasteiger partial charge < -0.3 is 11.1 Å². The van der Waals surface area contributed by atoms with Crippen molar-refractivity contribution in [2.24, 2.45) is 18.2 Å². The van der Waals surface area contributed by atoms with Crippen molar-refractivity contribution in [3.63, 3.8) is 0 Å². The number of nitrogens with zero attached hydrogens (tertiary/aromatic N) is 2. The smallest absolute Gasteiger partial charge is 0.123 e. The zero-order chi connectivity index (χ0) is 12.1. The van der Waals surface area contributed by atoms with Gasteiger partial charge in [-0.15, -0.1) is 0 Å². The summed E-state index contributed by atoms with van der Waals surface area (Å²) in [6.45, 7) is 1.76. The third kappa shape index (κ3) is 3.00. The Kier molecular flexibility index (Phi) is 4.05. The van der Waals surface area contributed by atoms with Crippen LogP contribution in [-0.4, -0.2) is 22.9 Å². The fourth-order valence-electron chi connectivity index (χ4n) is 2.76. The maximum atomic E-state index is 6.02. The minimum atomic E-state index is 0.292. The van der Waals surface area contributed by atoms with Crippen LogP contribution in [0.3, 0.4) is 0 Å². The van der Waals surface area contributed by atoms with E-state index >= 15 is 0 Å². The van der Waals surface area contributed by atoms with Crippen molar-refractivity contribution in [3.8, 4) is 0 Å². The van der Waals surface area contributed by atoms with Gasteiger partial charge in [0.1, 0.15) is 5.82 Å². The number of aryl methyl sites for hydroxylation is 1. The van der Waals surface area contributed by atoms with Crippen LogP contribution in [0.5, 0.6) is 0 Å². The molecule has 1 aromatic heterocycles. The van der Waals surface area contributed by atoms with E-state index in [4.69, 9.17) is 5.73 Å². The molecule has 4 heteroatoms. The highest BCUT2D eigenvalue weighted by molar-refractivity contribution is 5.33. The lowest BCUT2D eigenvalue weighted by molar-refractivity contribution is 0.274. The standard InChI is InChI=1S/C13H24N4/c1-17-12(6-9-16-17)15-11-13(10-14)7-4-2-3-5-8-13/h6,9,15H,2-5,7-8,10-11,14H2,1H3. The molecule has 1 fully saturated rings. The molecule has 0 bridgehead atoms. The van der Waals surface area contributed by atoms with Gasteiger partial charge in [-0.3, -0.25) is 4.68 Å². The van der Waals surface area contributed by atoms with Crippen molar-refractivity contribution >= 4 is 5.82 Å². The lowest BCUT2D eigenvalue weighted by Crippen LogP contribution is -2.37. The molecule has 1 aromatic rings. The Morgan fingerprint density at radius 3 is 2.59 bits per heavy atom. The summed E-state index contributed by atoms with van der Waals surface area (Å²) in [5.74, 6) is 1.09. The van der Waals surface area contributed by atoms with Gasteiger partial charge in [0.15, 0.2) is 0 Å². The number of nitrogens with two attached hydrogens (primary N) is 1. The van der Waals surface area contributed by atoms with Gasteiger partial charge in [0.05, 0.1) is 6.20 Å². The predicted molar refractivity (Wildman–Crippen MR) is 70.9 cm³/mol. The zero-order valence-electron chi connectivity index (χ0n) is 10.8. The predicted octanol–water partition coefficient (Wildman–Crippen LogP) is 2.13. The Balaban J connectivity index is 1.96. The van der Waals surface area contributed by atoms with Crippen LogP contribution in [0.4, 0.5) is 5.82 Å². The lowest BCUT2D eigenvalue weighted by atomic mass is 9.80. The highest BCUT2D eigenvalue weighted by Gasteiger charge is 2.29. The second kappa shape index (κ2) is 5.54. The van der Waals surface area contributed by atoms with Gasteiger partial charge in [0.2, 0.25) is 0 Å². The Bertz CT molecular complexity index is 337. The van der Waals surface area contributed by atoms with Gasteiger partial charge in [-0.1, -0.05) is 25.7 Å². The molecule has 4 nitrogen and oxygen atoms in total. The van der Waals surface area contributed by atoms with Crippen LogP contribution in [0.1, 0.15) is 38.5 Å². The Morgan fingerprint density at radius 2 is 2.06 bits per heavy atom. The summed E-state index contributed by atoms with van der Waals surface area (Å²) in [5.41, 5.74) is 6.32. The molecule has 1 aliphatic carbocycles. The second-order valence-corrected chi connectivity index (χ2v) is 5.31. The molecule has 1 saturated carbocycles. The molecule has 0 amide bonds. The van der Waals surface area contributed by atoms with Gasteiger partial charge in [-0.05, 0) is 24.8 Å². The Hall–Kier alpha value is -1.03. The molecule has 0 radical (unpaired) electrons. The first-order chi connectivity index (χ1) is 8.26. The molecule has 0 spiro atoms. The second-order valence-electron chi connectivity index (χ2n) is 5.31. The molecule has 0 saturated heterocycles. The van der Waals surface area contributed by atoms with E-state index < -0.39 is 0 Å². The lowest BCUT2D eigenvalue weighted by Gasteiger charge is -2.31. The largest absolute Gasteiger partial charge is 0.370 e. The summed E-state index contributed by atoms with van der Waals surface area (Å²) in [7, 11) is 1.96. The normalized spacial score (nSPS) is 19.9. The molecule has 0 aromatic carbocycles. The fourth-order valence-corrected chi connectivity index (χ4v) is 2.76. The molecule has 3 N–H and O–H groups in total. The van der Waals surface area contributed by atoms with Gasteiger partial charge >= 0.3 is 0 Å². The Labute approximate surface area is 104 Å². The van der Waals surface area contributed by atoms with Crippen molar-refractivity contribution in [3.05, 3.63) is 12.3 Å². The van der Waals surface area contributed by atoms with E-state index in [9.17, 15) is 0 Å². The third-order valence-corrected chi connectivity index (χ3v) is 4.06. The molecule has 96 valence electrons. The third-order valence-electron chi connectivity index (χ3n) is 4.06. The molecular formula is C13H24N4. The van der Waals surface area contributed by atoms with Gasteiger partial charge in [0.25, 0.3) is 0 Å². The van der Waals surface area contributed by atoms with E-state index in [1.54, 1.807) is 0 Å². The zero-order valence-corrected chi connectivity index (χ0v) is 10.8. The monoisotopic (exact) mass is 236 g/mol. The molecule has 0 atom stereocenters. The average molecular weight is 236 g/mol. The minimum Gasteiger partial charge on any atom is -0.370 e. The average Bonchev–Trinajstić information content (AvgIpc) is 2.63. The van der Waals surface area contributed by atoms with Crippen LogP contribution in [0.15, 0.2) is 12.3 Å². The molecule has 2 rings (SSSR count). The molecule has 0 aliphatic heterocycles. The van der Waals surface area contributed by atoms with Crippen LogP contribution in [-0.2, 0) is 7.05 Å². The first kappa shape index (κ1) is 12.4. The van der Waals surface area contributed by atoms with Crippen LogP contribution in [0, 0.1) is 5.41 Å². The highest BCUT2D eigenvalue weighted by Crippen LogP contribution is 2.34. The summed E-state index contributed by atoms with van der Waals surface area (Å²) in [5, 5.41) is 7.67. The fraction of sp³-hybridized carbons (Fsp3) is 0.769. The van der Waals surface area contributed by atoms with Crippen molar-refractivity contribution in [1.82, 2.24) is 9.78 Å². The van der Waals surface area contributed by atoms with Crippen molar-refractivity contribution in [2.75, 3.05) is 18.4 Å². The number of rotatable bonds is 4. The van der Waals surface area contributed by atoms with Crippen molar-refractivity contribution in [1.29, 1.82) is 0 Å². The Morgan fingerprint density at radius 1 is 1.35 bits per heavy atom. The maximum Gasteiger partial charge on any atom is 0.123 e. The number of anilines is 1. The highest BCUT2D eigenvalue weighted by atomic mass is 15.3. The minimum absolute atomic E-state index is 0.292. The molecule has 0 unspecified atom stereocenters. The SMILES string of the molecule is Cn1nccc1NCC1(CN)CCCCCC1. The summed E-state index contributed by atoms with van der Waals surface area (Å²) in [6.07, 6.45) is 9.72. The number of hydrogen-bond acceptors (Lipinski definition) is 3. The van der Waals surface area contributed by atoms with E-state index in [0.717, 1.165) is 18.9 Å². The molecular weight excluding hydrogens is 212 g/mol. The topological polar surface area (TPSA) is 55.9 Å². The molecule has 1 aliphatic rings. The summed E-state index contributed by atoms with van der Waals surface area (Å²) >= 11 is 0. The van der Waals surface area contributed by atoms with Crippen LogP contribution < -0.4 is 11.1 Å². The summed E-state index contributed by atoms with van der Waals surface area (Å²) in [6, 6.07) is 2.01. The van der Waals surface area contributed by atoms with Crippen LogP contribution in [0.2, 0.25) is 0 Å². The van der Waals surface area contributed by atoms with Crippen LogP contribution in [0.25, 0.3) is 0 Å². The molecule has 1 heterocycles. The van der Waals surface area contributed by atoms with E-state index in [0.29, 0.717) is 5.41 Å². The van der Waals surface area contributed by atoms with E-state index in [1.165, 1.54) is 38.5 Å². The maximum absolute atomic E-state index is 6.02. The number of hydrogen-bond donors (Lipinski definition) is 2.